The van der Waals surface area contributed by atoms with E-state index in [-0.39, 0.29) is 0 Å². The van der Waals surface area contributed by atoms with Gasteiger partial charge in [-0.3, -0.25) is 0 Å². The van der Waals surface area contributed by atoms with E-state index in [1.54, 1.807) is 0 Å². The minimum absolute atomic E-state index is 0.290. The van der Waals surface area contributed by atoms with Crippen LogP contribution in [0.4, 0.5) is 0 Å². The van der Waals surface area contributed by atoms with Gasteiger partial charge >= 0.3 is 0 Å². The zero-order valence-electron chi connectivity index (χ0n) is 13.7. The van der Waals surface area contributed by atoms with E-state index in [1.165, 1.54) is 35.1 Å². The Morgan fingerprint density at radius 1 is 1.20 bits per heavy atom. The van der Waals surface area contributed by atoms with E-state index in [1.807, 2.05) is 6.08 Å². The predicted octanol–water partition coefficient (Wildman–Crippen LogP) is 6.31. The first kappa shape index (κ1) is 16.5. The second kappa shape index (κ2) is 7.28. The molecule has 0 spiro atoms. The summed E-state index contributed by atoms with van der Waals surface area (Å²) >= 11 is 0. The molecule has 0 saturated heterocycles. The molecule has 0 amide bonds. The molecule has 20 heavy (non-hydrogen) atoms. The first-order chi connectivity index (χ1) is 9.36. The van der Waals surface area contributed by atoms with Crippen LogP contribution in [0.15, 0.2) is 71.4 Å². The highest BCUT2D eigenvalue weighted by Gasteiger charge is 2.26. The third-order valence-electron chi connectivity index (χ3n) is 3.93. The van der Waals surface area contributed by atoms with Crippen LogP contribution in [-0.2, 0) is 0 Å². The fraction of sp³-hybridized carbons (Fsp3) is 0.400. The van der Waals surface area contributed by atoms with E-state index >= 15 is 0 Å². The standard InChI is InChI=1S/C20H28/c1-7-16(2)10-8-11-17(3)13-14-19-18(4)12-9-15-20(19,5)6/h7-8,10-14H,1,9,15H2,2-6H3/b11-8+,16-10+,17-13?,19-14?. The minimum Gasteiger partial charge on any atom is -0.0988 e. The molecule has 0 nitrogen and oxygen atoms in total. The van der Waals surface area contributed by atoms with Crippen LogP contribution in [0.5, 0.6) is 0 Å². The molecule has 0 aromatic rings. The normalized spacial score (nSPS) is 22.2. The molecule has 0 saturated carbocycles. The van der Waals surface area contributed by atoms with Crippen LogP contribution in [0.1, 0.15) is 47.5 Å². The van der Waals surface area contributed by atoms with Gasteiger partial charge in [0.05, 0.1) is 0 Å². The molecular formula is C20H28. The van der Waals surface area contributed by atoms with E-state index in [9.17, 15) is 0 Å². The maximum Gasteiger partial charge on any atom is -0.00981 e. The second-order valence-corrected chi connectivity index (χ2v) is 6.27. The van der Waals surface area contributed by atoms with Gasteiger partial charge in [0.15, 0.2) is 0 Å². The van der Waals surface area contributed by atoms with Crippen LogP contribution >= 0.6 is 0 Å². The maximum absolute atomic E-state index is 3.75. The van der Waals surface area contributed by atoms with Gasteiger partial charge in [-0.05, 0) is 44.6 Å². The van der Waals surface area contributed by atoms with Crippen molar-refractivity contribution < 1.29 is 0 Å². The molecule has 1 aliphatic rings. The van der Waals surface area contributed by atoms with Gasteiger partial charge in [-0.1, -0.05) is 79.7 Å². The summed E-state index contributed by atoms with van der Waals surface area (Å²) < 4.78 is 0. The Labute approximate surface area is 125 Å². The first-order valence-corrected chi connectivity index (χ1v) is 7.40. The zero-order chi connectivity index (χ0) is 15.2. The summed E-state index contributed by atoms with van der Waals surface area (Å²) in [5.41, 5.74) is 5.63. The highest BCUT2D eigenvalue weighted by molar-refractivity contribution is 5.40. The third-order valence-corrected chi connectivity index (χ3v) is 3.93. The lowest BCUT2D eigenvalue weighted by Crippen LogP contribution is -2.18. The molecule has 0 aromatic heterocycles. The number of rotatable bonds is 4. The number of allylic oxidation sites excluding steroid dienone is 11. The van der Waals surface area contributed by atoms with E-state index in [0.717, 1.165) is 0 Å². The molecule has 0 unspecified atom stereocenters. The van der Waals surface area contributed by atoms with Gasteiger partial charge < -0.3 is 0 Å². The Morgan fingerprint density at radius 2 is 1.90 bits per heavy atom. The van der Waals surface area contributed by atoms with Gasteiger partial charge in [0.1, 0.15) is 0 Å². The van der Waals surface area contributed by atoms with Crippen molar-refractivity contribution in [3.63, 3.8) is 0 Å². The second-order valence-electron chi connectivity index (χ2n) is 6.27. The molecule has 0 radical (unpaired) electrons. The Bertz CT molecular complexity index is 502. The monoisotopic (exact) mass is 268 g/mol. The molecule has 0 aromatic carbocycles. The van der Waals surface area contributed by atoms with Crippen molar-refractivity contribution in [1.29, 1.82) is 0 Å². The fourth-order valence-electron chi connectivity index (χ4n) is 2.47. The topological polar surface area (TPSA) is 0 Å². The van der Waals surface area contributed by atoms with Crippen molar-refractivity contribution in [3.8, 4) is 0 Å². The molecule has 0 fully saturated rings. The van der Waals surface area contributed by atoms with Gasteiger partial charge in [-0.25, -0.2) is 0 Å². The van der Waals surface area contributed by atoms with E-state index in [0.29, 0.717) is 5.41 Å². The lowest BCUT2D eigenvalue weighted by molar-refractivity contribution is 0.404. The molecule has 1 aliphatic carbocycles. The largest absolute Gasteiger partial charge is 0.0988 e. The van der Waals surface area contributed by atoms with Crippen LogP contribution in [0.25, 0.3) is 0 Å². The summed E-state index contributed by atoms with van der Waals surface area (Å²) in [7, 11) is 0. The molecule has 0 aliphatic heterocycles. The Kier molecular flexibility index (Phi) is 6.01. The van der Waals surface area contributed by atoms with Crippen molar-refractivity contribution in [1.82, 2.24) is 0 Å². The number of hydrogen-bond acceptors (Lipinski definition) is 0. The summed E-state index contributed by atoms with van der Waals surface area (Å²) in [6, 6.07) is 0. The minimum atomic E-state index is 0.290. The van der Waals surface area contributed by atoms with Crippen molar-refractivity contribution in [3.05, 3.63) is 71.4 Å². The summed E-state index contributed by atoms with van der Waals surface area (Å²) in [5.74, 6) is 0. The predicted molar refractivity (Wildman–Crippen MR) is 91.7 cm³/mol. The van der Waals surface area contributed by atoms with Crippen molar-refractivity contribution >= 4 is 0 Å². The summed E-state index contributed by atoms with van der Waals surface area (Å²) in [6.07, 6.45) is 17.4. The van der Waals surface area contributed by atoms with Gasteiger partial charge in [-0.2, -0.15) is 0 Å². The van der Waals surface area contributed by atoms with Crippen molar-refractivity contribution in [2.24, 2.45) is 5.41 Å². The molecule has 0 N–H and O–H groups in total. The van der Waals surface area contributed by atoms with E-state index in [4.69, 9.17) is 0 Å². The van der Waals surface area contributed by atoms with Gasteiger partial charge in [0.2, 0.25) is 0 Å². The lowest BCUT2D eigenvalue weighted by atomic mass is 9.73. The fourth-order valence-corrected chi connectivity index (χ4v) is 2.47. The lowest BCUT2D eigenvalue weighted by Gasteiger charge is -2.32. The molecule has 1 rings (SSSR count). The van der Waals surface area contributed by atoms with Crippen LogP contribution < -0.4 is 0 Å². The molecule has 108 valence electrons. The molecule has 0 atom stereocenters. The average molecular weight is 268 g/mol. The van der Waals surface area contributed by atoms with E-state index < -0.39 is 0 Å². The van der Waals surface area contributed by atoms with Crippen LogP contribution in [0, 0.1) is 5.41 Å². The SMILES string of the molecule is C=C/C(C)=C/C=C/C(C)=CC=C1C(C)=CCCC1(C)C. The smallest absolute Gasteiger partial charge is 0.00981 e. The van der Waals surface area contributed by atoms with Gasteiger partial charge in [0, 0.05) is 0 Å². The molecule has 0 bridgehead atoms. The molecule has 0 heterocycles. The zero-order valence-corrected chi connectivity index (χ0v) is 13.7. The van der Waals surface area contributed by atoms with Crippen LogP contribution in [-0.4, -0.2) is 0 Å². The van der Waals surface area contributed by atoms with Gasteiger partial charge in [-0.15, -0.1) is 0 Å². The first-order valence-electron chi connectivity index (χ1n) is 7.40. The van der Waals surface area contributed by atoms with Crippen LogP contribution in [0.3, 0.4) is 0 Å². The van der Waals surface area contributed by atoms with Crippen molar-refractivity contribution in [2.45, 2.75) is 47.5 Å². The van der Waals surface area contributed by atoms with E-state index in [2.05, 4.69) is 77.7 Å². The quantitative estimate of drug-likeness (QED) is 0.524. The third kappa shape index (κ3) is 4.85. The number of hydrogen-bond donors (Lipinski definition) is 0. The molecule has 0 heteroatoms. The Hall–Kier alpha value is -1.56. The Balaban J connectivity index is 2.88. The van der Waals surface area contributed by atoms with Gasteiger partial charge in [0.25, 0.3) is 0 Å². The van der Waals surface area contributed by atoms with Crippen LogP contribution in [0.2, 0.25) is 0 Å². The summed E-state index contributed by atoms with van der Waals surface area (Å²) in [6.45, 7) is 14.8. The summed E-state index contributed by atoms with van der Waals surface area (Å²) in [5, 5.41) is 0. The average Bonchev–Trinajstić information content (AvgIpc) is 2.37. The summed E-state index contributed by atoms with van der Waals surface area (Å²) in [4.78, 5) is 0. The Morgan fingerprint density at radius 3 is 2.50 bits per heavy atom. The highest BCUT2D eigenvalue weighted by atomic mass is 14.3. The highest BCUT2D eigenvalue weighted by Crippen LogP contribution is 2.40. The molecular weight excluding hydrogens is 240 g/mol. The maximum atomic E-state index is 3.75. The van der Waals surface area contributed by atoms with Crippen molar-refractivity contribution in [2.75, 3.05) is 0 Å².